The Bertz CT molecular complexity index is 1080. The molecule has 0 saturated carbocycles. The van der Waals surface area contributed by atoms with Crippen molar-refractivity contribution in [1.29, 1.82) is 0 Å². The molecule has 0 radical (unpaired) electrons. The first-order valence-electron chi connectivity index (χ1n) is 9.68. The molecular formula is C23H24N2O3. The van der Waals surface area contributed by atoms with E-state index < -0.39 is 0 Å². The molecule has 3 aromatic rings. The molecule has 1 amide bonds. The van der Waals surface area contributed by atoms with Gasteiger partial charge >= 0.3 is 0 Å². The summed E-state index contributed by atoms with van der Waals surface area (Å²) in [5, 5.41) is 1.05. The lowest BCUT2D eigenvalue weighted by Gasteiger charge is -2.29. The van der Waals surface area contributed by atoms with Crippen molar-refractivity contribution in [2.24, 2.45) is 0 Å². The third kappa shape index (κ3) is 3.65. The summed E-state index contributed by atoms with van der Waals surface area (Å²) in [5.74, 6) is 0.939. The summed E-state index contributed by atoms with van der Waals surface area (Å²) in [7, 11) is 0. The summed E-state index contributed by atoms with van der Waals surface area (Å²) in [6, 6.07) is 13.8. The van der Waals surface area contributed by atoms with E-state index in [9.17, 15) is 9.59 Å². The van der Waals surface area contributed by atoms with E-state index in [-0.39, 0.29) is 11.5 Å². The Morgan fingerprint density at radius 1 is 1.14 bits per heavy atom. The van der Waals surface area contributed by atoms with E-state index in [4.69, 9.17) is 4.74 Å². The molecule has 0 fully saturated rings. The van der Waals surface area contributed by atoms with Crippen LogP contribution in [-0.4, -0.2) is 28.9 Å². The van der Waals surface area contributed by atoms with Gasteiger partial charge in [-0.3, -0.25) is 9.59 Å². The number of aromatic amines is 1. The zero-order valence-electron chi connectivity index (χ0n) is 16.2. The van der Waals surface area contributed by atoms with Gasteiger partial charge in [-0.05, 0) is 72.7 Å². The number of aryl methyl sites for hydroxylation is 1. The highest BCUT2D eigenvalue weighted by Crippen LogP contribution is 2.25. The number of hydrogen-bond donors (Lipinski definition) is 1. The standard InChI is InChI=1S/C23H24N2O3/c1-3-28-20-6-4-16(5-7-20)11-22(26)25-9-8-17-12-18-10-15(2)23(27)24-21(18)13-19(17)14-25/h4-7,10,12-13H,3,8-9,11,14H2,1-2H3,(H,24,27). The molecule has 1 aromatic heterocycles. The lowest BCUT2D eigenvalue weighted by Crippen LogP contribution is -2.37. The lowest BCUT2D eigenvalue weighted by molar-refractivity contribution is -0.131. The highest BCUT2D eigenvalue weighted by molar-refractivity contribution is 5.82. The van der Waals surface area contributed by atoms with Crippen molar-refractivity contribution in [3.05, 3.63) is 75.1 Å². The Hall–Kier alpha value is -3.08. The summed E-state index contributed by atoms with van der Waals surface area (Å²) in [6.45, 7) is 5.70. The predicted molar refractivity (Wildman–Crippen MR) is 110 cm³/mol. The number of fused-ring (bicyclic) bond motifs is 2. The SMILES string of the molecule is CCOc1ccc(CC(=O)N2CCc3cc4cc(C)c(=O)[nH]c4cc3C2)cc1. The van der Waals surface area contributed by atoms with E-state index in [1.165, 1.54) is 5.56 Å². The Kier molecular flexibility index (Phi) is 4.90. The van der Waals surface area contributed by atoms with Gasteiger partial charge in [-0.1, -0.05) is 12.1 Å². The number of nitrogens with zero attached hydrogens (tertiary/aromatic N) is 1. The average molecular weight is 376 g/mol. The fourth-order valence-electron chi connectivity index (χ4n) is 3.75. The van der Waals surface area contributed by atoms with Crippen LogP contribution in [0, 0.1) is 6.92 Å². The molecule has 0 saturated heterocycles. The maximum Gasteiger partial charge on any atom is 0.251 e. The summed E-state index contributed by atoms with van der Waals surface area (Å²) < 4.78 is 5.45. The second kappa shape index (κ2) is 7.50. The number of hydrogen-bond acceptors (Lipinski definition) is 3. The second-order valence-corrected chi connectivity index (χ2v) is 7.31. The fourth-order valence-corrected chi connectivity index (χ4v) is 3.75. The molecule has 5 heteroatoms. The Morgan fingerprint density at radius 2 is 1.93 bits per heavy atom. The Balaban J connectivity index is 1.51. The molecule has 0 aliphatic carbocycles. The van der Waals surface area contributed by atoms with Crippen LogP contribution in [0.3, 0.4) is 0 Å². The quantitative estimate of drug-likeness (QED) is 0.759. The van der Waals surface area contributed by atoms with Gasteiger partial charge in [0, 0.05) is 24.2 Å². The second-order valence-electron chi connectivity index (χ2n) is 7.31. The smallest absolute Gasteiger partial charge is 0.251 e. The van der Waals surface area contributed by atoms with Crippen LogP contribution in [0.15, 0.2) is 47.3 Å². The first-order valence-corrected chi connectivity index (χ1v) is 9.68. The number of rotatable bonds is 4. The molecule has 4 rings (SSSR count). The predicted octanol–water partition coefficient (Wildman–Crippen LogP) is 3.36. The number of aromatic nitrogens is 1. The number of carbonyl (C=O) groups is 1. The van der Waals surface area contributed by atoms with Crippen molar-refractivity contribution < 1.29 is 9.53 Å². The molecule has 2 heterocycles. The van der Waals surface area contributed by atoms with Gasteiger partial charge in [-0.15, -0.1) is 0 Å². The van der Waals surface area contributed by atoms with Gasteiger partial charge < -0.3 is 14.6 Å². The van der Waals surface area contributed by atoms with Gasteiger partial charge in [0.25, 0.3) is 5.56 Å². The molecular weight excluding hydrogens is 352 g/mol. The first-order chi connectivity index (χ1) is 13.5. The van der Waals surface area contributed by atoms with E-state index >= 15 is 0 Å². The Labute approximate surface area is 163 Å². The van der Waals surface area contributed by atoms with Crippen LogP contribution in [0.5, 0.6) is 5.75 Å². The van der Waals surface area contributed by atoms with Gasteiger partial charge in [0.2, 0.25) is 5.91 Å². The van der Waals surface area contributed by atoms with Crippen LogP contribution in [0.4, 0.5) is 0 Å². The van der Waals surface area contributed by atoms with Gasteiger partial charge in [0.05, 0.1) is 13.0 Å². The van der Waals surface area contributed by atoms with Crippen LogP contribution in [-0.2, 0) is 24.2 Å². The van der Waals surface area contributed by atoms with Crippen molar-refractivity contribution in [3.8, 4) is 5.75 Å². The third-order valence-electron chi connectivity index (χ3n) is 5.30. The highest BCUT2D eigenvalue weighted by Gasteiger charge is 2.21. The zero-order valence-corrected chi connectivity index (χ0v) is 16.2. The van der Waals surface area contributed by atoms with Crippen molar-refractivity contribution in [2.75, 3.05) is 13.2 Å². The van der Waals surface area contributed by atoms with E-state index in [1.54, 1.807) is 0 Å². The van der Waals surface area contributed by atoms with Crippen LogP contribution < -0.4 is 10.3 Å². The summed E-state index contributed by atoms with van der Waals surface area (Å²) in [4.78, 5) is 29.5. The molecule has 1 aliphatic rings. The molecule has 0 atom stereocenters. The van der Waals surface area contributed by atoms with Crippen LogP contribution >= 0.6 is 0 Å². The zero-order chi connectivity index (χ0) is 19.7. The lowest BCUT2D eigenvalue weighted by atomic mass is 9.96. The normalized spacial score (nSPS) is 13.4. The number of amides is 1. The molecule has 28 heavy (non-hydrogen) atoms. The third-order valence-corrected chi connectivity index (χ3v) is 5.30. The first kappa shape index (κ1) is 18.3. The van der Waals surface area contributed by atoms with Gasteiger partial charge in [0.1, 0.15) is 5.75 Å². The number of benzene rings is 2. The molecule has 0 bridgehead atoms. The van der Waals surface area contributed by atoms with Crippen LogP contribution in [0.1, 0.15) is 29.2 Å². The van der Waals surface area contributed by atoms with Crippen molar-refractivity contribution in [1.82, 2.24) is 9.88 Å². The maximum atomic E-state index is 12.8. The largest absolute Gasteiger partial charge is 0.494 e. The fraction of sp³-hybridized carbons (Fsp3) is 0.304. The molecule has 2 aromatic carbocycles. The maximum absolute atomic E-state index is 12.8. The number of nitrogens with one attached hydrogen (secondary N) is 1. The van der Waals surface area contributed by atoms with E-state index in [2.05, 4.69) is 11.1 Å². The van der Waals surface area contributed by atoms with Crippen molar-refractivity contribution in [3.63, 3.8) is 0 Å². The number of pyridine rings is 1. The van der Waals surface area contributed by atoms with Crippen molar-refractivity contribution >= 4 is 16.8 Å². The summed E-state index contributed by atoms with van der Waals surface area (Å²) in [6.07, 6.45) is 1.21. The monoisotopic (exact) mass is 376 g/mol. The summed E-state index contributed by atoms with van der Waals surface area (Å²) >= 11 is 0. The highest BCUT2D eigenvalue weighted by atomic mass is 16.5. The molecule has 144 valence electrons. The van der Waals surface area contributed by atoms with Gasteiger partial charge in [-0.25, -0.2) is 0 Å². The average Bonchev–Trinajstić information content (AvgIpc) is 2.69. The van der Waals surface area contributed by atoms with Gasteiger partial charge in [-0.2, -0.15) is 0 Å². The topological polar surface area (TPSA) is 62.4 Å². The molecule has 0 unspecified atom stereocenters. The number of H-pyrrole nitrogens is 1. The van der Waals surface area contributed by atoms with Gasteiger partial charge in [0.15, 0.2) is 0 Å². The van der Waals surface area contributed by atoms with Crippen LogP contribution in [0.25, 0.3) is 10.9 Å². The molecule has 5 nitrogen and oxygen atoms in total. The Morgan fingerprint density at radius 3 is 2.68 bits per heavy atom. The molecule has 0 spiro atoms. The van der Waals surface area contributed by atoms with Crippen molar-refractivity contribution in [2.45, 2.75) is 33.2 Å². The number of carbonyl (C=O) groups excluding carboxylic acids is 1. The minimum absolute atomic E-state index is 0.0632. The van der Waals surface area contributed by atoms with E-state index in [0.29, 0.717) is 19.6 Å². The molecule has 1 aliphatic heterocycles. The minimum atomic E-state index is -0.0632. The summed E-state index contributed by atoms with van der Waals surface area (Å²) in [5.41, 5.74) is 4.83. The van der Waals surface area contributed by atoms with E-state index in [1.807, 2.05) is 55.1 Å². The minimum Gasteiger partial charge on any atom is -0.494 e. The molecule has 1 N–H and O–H groups in total. The number of ether oxygens (including phenoxy) is 1. The van der Waals surface area contributed by atoms with E-state index in [0.717, 1.165) is 46.3 Å². The van der Waals surface area contributed by atoms with Crippen LogP contribution in [0.2, 0.25) is 0 Å².